The maximum absolute atomic E-state index is 13.5. The first kappa shape index (κ1) is 22.1. The molecule has 3 aromatic carbocycles. The summed E-state index contributed by atoms with van der Waals surface area (Å²) in [6.07, 6.45) is 0. The van der Waals surface area contributed by atoms with Gasteiger partial charge in [-0.05, 0) is 72.9 Å². The molecule has 1 aliphatic heterocycles. The van der Waals surface area contributed by atoms with E-state index in [4.69, 9.17) is 23.2 Å². The van der Waals surface area contributed by atoms with Crippen LogP contribution in [0.25, 0.3) is 5.57 Å². The van der Waals surface area contributed by atoms with Crippen LogP contribution in [0.5, 0.6) is 0 Å². The lowest BCUT2D eigenvalue weighted by molar-refractivity contribution is -0.137. The minimum atomic E-state index is -0.380. The topological polar surface area (TPSA) is 49.4 Å². The Labute approximate surface area is 197 Å². The first-order chi connectivity index (χ1) is 15.2. The Bertz CT molecular complexity index is 1260. The number of anilines is 1. The van der Waals surface area contributed by atoms with Crippen LogP contribution >= 0.6 is 23.2 Å². The zero-order valence-electron chi connectivity index (χ0n) is 18.0. The summed E-state index contributed by atoms with van der Waals surface area (Å²) in [6, 6.07) is 18.3. The van der Waals surface area contributed by atoms with Crippen molar-refractivity contribution in [3.05, 3.63) is 104 Å². The van der Waals surface area contributed by atoms with Gasteiger partial charge in [0.05, 0.1) is 12.1 Å². The molecule has 2 amide bonds. The van der Waals surface area contributed by atoms with Gasteiger partial charge in [0.15, 0.2) is 0 Å². The largest absolute Gasteiger partial charge is 0.350 e. The zero-order chi connectivity index (χ0) is 23.0. The zero-order valence-corrected chi connectivity index (χ0v) is 19.5. The number of rotatable bonds is 5. The molecular weight excluding hydrogens is 443 g/mol. The van der Waals surface area contributed by atoms with Crippen molar-refractivity contribution in [3.63, 3.8) is 0 Å². The quantitative estimate of drug-likeness (QED) is 0.449. The molecule has 162 valence electrons. The number of carbonyl (C=O) groups is 2. The van der Waals surface area contributed by atoms with Crippen LogP contribution in [0.2, 0.25) is 10.0 Å². The van der Waals surface area contributed by atoms with E-state index in [0.29, 0.717) is 26.9 Å². The highest BCUT2D eigenvalue weighted by Gasteiger charge is 2.39. The highest BCUT2D eigenvalue weighted by atomic mass is 35.5. The Balaban J connectivity index is 1.76. The van der Waals surface area contributed by atoms with Crippen LogP contribution < -0.4 is 5.32 Å². The summed E-state index contributed by atoms with van der Waals surface area (Å²) in [5.41, 5.74) is 5.84. The van der Waals surface area contributed by atoms with Crippen molar-refractivity contribution >= 4 is 46.3 Å². The lowest BCUT2D eigenvalue weighted by atomic mass is 9.99. The summed E-state index contributed by atoms with van der Waals surface area (Å²) in [7, 11) is 0. The second-order valence-electron chi connectivity index (χ2n) is 7.96. The predicted octanol–water partition coefficient (Wildman–Crippen LogP) is 6.31. The number of carbonyl (C=O) groups excluding carboxylic acids is 2. The third kappa shape index (κ3) is 4.29. The number of hydrogen-bond donors (Lipinski definition) is 1. The van der Waals surface area contributed by atoms with Gasteiger partial charge in [-0.15, -0.1) is 0 Å². The van der Waals surface area contributed by atoms with Gasteiger partial charge in [-0.3, -0.25) is 14.5 Å². The van der Waals surface area contributed by atoms with Crippen LogP contribution in [0.15, 0.2) is 66.4 Å². The lowest BCUT2D eigenvalue weighted by Gasteiger charge is -2.15. The van der Waals surface area contributed by atoms with E-state index >= 15 is 0 Å². The molecule has 4 rings (SSSR count). The van der Waals surface area contributed by atoms with Crippen molar-refractivity contribution in [2.24, 2.45) is 0 Å². The molecule has 0 radical (unpaired) electrons. The number of aryl methyl sites for hydroxylation is 3. The average molecular weight is 465 g/mol. The van der Waals surface area contributed by atoms with Gasteiger partial charge in [0, 0.05) is 15.7 Å². The van der Waals surface area contributed by atoms with Crippen molar-refractivity contribution in [1.82, 2.24) is 4.90 Å². The van der Waals surface area contributed by atoms with Crippen molar-refractivity contribution < 1.29 is 9.59 Å². The maximum Gasteiger partial charge on any atom is 0.278 e. The standard InChI is InChI=1S/C26H22Cl2N2O2/c1-15-4-8-19(12-17(15)3)23-24(29-21-11-5-16(2)22(28)13-21)26(32)30(25(23)31)14-18-6-9-20(27)10-7-18/h4-13,29H,14H2,1-3H3. The first-order valence-electron chi connectivity index (χ1n) is 10.2. The van der Waals surface area contributed by atoms with E-state index in [9.17, 15) is 9.59 Å². The Morgan fingerprint density at radius 1 is 0.781 bits per heavy atom. The molecule has 3 aromatic rings. The van der Waals surface area contributed by atoms with Crippen LogP contribution in [-0.4, -0.2) is 16.7 Å². The number of benzene rings is 3. The van der Waals surface area contributed by atoms with Crippen molar-refractivity contribution in [2.45, 2.75) is 27.3 Å². The van der Waals surface area contributed by atoms with Crippen LogP contribution in [0, 0.1) is 20.8 Å². The summed E-state index contributed by atoms with van der Waals surface area (Å²) < 4.78 is 0. The number of amides is 2. The minimum Gasteiger partial charge on any atom is -0.350 e. The van der Waals surface area contributed by atoms with Gasteiger partial charge in [0.2, 0.25) is 0 Å². The predicted molar refractivity (Wildman–Crippen MR) is 130 cm³/mol. The molecule has 0 atom stereocenters. The third-order valence-electron chi connectivity index (χ3n) is 5.66. The third-order valence-corrected chi connectivity index (χ3v) is 6.32. The van der Waals surface area contributed by atoms with Crippen molar-refractivity contribution in [3.8, 4) is 0 Å². The number of hydrogen-bond acceptors (Lipinski definition) is 3. The summed E-state index contributed by atoms with van der Waals surface area (Å²) in [5, 5.41) is 4.34. The van der Waals surface area contributed by atoms with Gasteiger partial charge in [-0.1, -0.05) is 59.6 Å². The summed E-state index contributed by atoms with van der Waals surface area (Å²) in [6.45, 7) is 6.06. The Hall–Kier alpha value is -3.08. The molecule has 1 aliphatic rings. The van der Waals surface area contributed by atoms with Crippen LogP contribution in [0.4, 0.5) is 5.69 Å². The highest BCUT2D eigenvalue weighted by molar-refractivity contribution is 6.36. The first-order valence-corrected chi connectivity index (χ1v) is 11.0. The summed E-state index contributed by atoms with van der Waals surface area (Å²) >= 11 is 12.3. The maximum atomic E-state index is 13.5. The summed E-state index contributed by atoms with van der Waals surface area (Å²) in [4.78, 5) is 28.1. The minimum absolute atomic E-state index is 0.156. The van der Waals surface area contributed by atoms with Gasteiger partial charge in [-0.2, -0.15) is 0 Å². The molecular formula is C26H22Cl2N2O2. The van der Waals surface area contributed by atoms with E-state index in [-0.39, 0.29) is 24.1 Å². The van der Waals surface area contributed by atoms with Crippen molar-refractivity contribution in [1.29, 1.82) is 0 Å². The molecule has 6 heteroatoms. The van der Waals surface area contributed by atoms with Gasteiger partial charge >= 0.3 is 0 Å². The van der Waals surface area contributed by atoms with E-state index in [1.165, 1.54) is 4.90 Å². The van der Waals surface area contributed by atoms with Gasteiger partial charge in [-0.25, -0.2) is 0 Å². The van der Waals surface area contributed by atoms with Gasteiger partial charge in [0.25, 0.3) is 11.8 Å². The molecule has 0 saturated carbocycles. The molecule has 32 heavy (non-hydrogen) atoms. The van der Waals surface area contributed by atoms with E-state index in [0.717, 1.165) is 22.3 Å². The van der Waals surface area contributed by atoms with Gasteiger partial charge < -0.3 is 5.32 Å². The Kier molecular flexibility index (Phi) is 6.09. The number of nitrogens with zero attached hydrogens (tertiary/aromatic N) is 1. The fourth-order valence-corrected chi connectivity index (χ4v) is 3.89. The monoisotopic (exact) mass is 464 g/mol. The molecule has 0 bridgehead atoms. The van der Waals surface area contributed by atoms with Gasteiger partial charge in [0.1, 0.15) is 5.70 Å². The average Bonchev–Trinajstić information content (AvgIpc) is 2.98. The van der Waals surface area contributed by atoms with E-state index in [1.54, 1.807) is 18.2 Å². The molecule has 0 unspecified atom stereocenters. The molecule has 0 aliphatic carbocycles. The number of imide groups is 1. The summed E-state index contributed by atoms with van der Waals surface area (Å²) in [5.74, 6) is -0.719. The van der Waals surface area contributed by atoms with E-state index in [1.807, 2.05) is 63.2 Å². The number of halogens is 2. The molecule has 1 heterocycles. The smallest absolute Gasteiger partial charge is 0.278 e. The molecule has 0 aromatic heterocycles. The second-order valence-corrected chi connectivity index (χ2v) is 8.80. The van der Waals surface area contributed by atoms with E-state index in [2.05, 4.69) is 5.32 Å². The van der Waals surface area contributed by atoms with Crippen LogP contribution in [0.3, 0.4) is 0 Å². The number of nitrogens with one attached hydrogen (secondary N) is 1. The lowest BCUT2D eigenvalue weighted by Crippen LogP contribution is -2.32. The van der Waals surface area contributed by atoms with E-state index < -0.39 is 0 Å². The van der Waals surface area contributed by atoms with Crippen LogP contribution in [-0.2, 0) is 16.1 Å². The normalized spacial score (nSPS) is 13.8. The fourth-order valence-electron chi connectivity index (χ4n) is 3.59. The van der Waals surface area contributed by atoms with Crippen LogP contribution in [0.1, 0.15) is 27.8 Å². The molecule has 0 spiro atoms. The molecule has 4 nitrogen and oxygen atoms in total. The Morgan fingerprint density at radius 3 is 2.12 bits per heavy atom. The SMILES string of the molecule is Cc1ccc(C2=C(Nc3ccc(C)c(Cl)c3)C(=O)N(Cc3ccc(Cl)cc3)C2=O)cc1C. The second kappa shape index (κ2) is 8.81. The van der Waals surface area contributed by atoms with Crippen molar-refractivity contribution in [2.75, 3.05) is 5.32 Å². The molecule has 0 fully saturated rings. The highest BCUT2D eigenvalue weighted by Crippen LogP contribution is 2.33. The Morgan fingerprint density at radius 2 is 1.47 bits per heavy atom. The fraction of sp³-hybridized carbons (Fsp3) is 0.154. The molecule has 1 N–H and O–H groups in total. The molecule has 0 saturated heterocycles.